The fourth-order valence-electron chi connectivity index (χ4n) is 3.72. The highest BCUT2D eigenvalue weighted by Gasteiger charge is 2.29. The van der Waals surface area contributed by atoms with Gasteiger partial charge in [-0.05, 0) is 49.1 Å². The summed E-state index contributed by atoms with van der Waals surface area (Å²) in [6, 6.07) is 14.6. The van der Waals surface area contributed by atoms with Crippen LogP contribution < -0.4 is 5.32 Å². The van der Waals surface area contributed by atoms with Crippen molar-refractivity contribution in [2.45, 2.75) is 47.1 Å². The zero-order valence-corrected chi connectivity index (χ0v) is 17.3. The molecule has 7 heteroatoms. The highest BCUT2D eigenvalue weighted by Crippen LogP contribution is 2.37. The summed E-state index contributed by atoms with van der Waals surface area (Å²) in [6.45, 7) is 1.13. The number of amides is 1. The van der Waals surface area contributed by atoms with Gasteiger partial charge in [0.25, 0.3) is 0 Å². The van der Waals surface area contributed by atoms with Gasteiger partial charge in [0.05, 0.1) is 10.1 Å². The zero-order valence-electron chi connectivity index (χ0n) is 15.6. The Kier molecular flexibility index (Phi) is 5.75. The first-order valence-corrected chi connectivity index (χ1v) is 12.0. The van der Waals surface area contributed by atoms with Gasteiger partial charge >= 0.3 is 0 Å². The molecule has 1 atom stereocenters. The van der Waals surface area contributed by atoms with Crippen molar-refractivity contribution >= 4 is 33.4 Å². The number of rotatable bonds is 4. The minimum Gasteiger partial charge on any atom is -0.325 e. The maximum absolute atomic E-state index is 13.0. The summed E-state index contributed by atoms with van der Waals surface area (Å²) in [5.41, 5.74) is 1.71. The second-order valence-electron chi connectivity index (χ2n) is 7.25. The predicted octanol–water partition coefficient (Wildman–Crippen LogP) is 3.91. The van der Waals surface area contributed by atoms with E-state index in [-0.39, 0.29) is 16.1 Å². The average molecular weight is 417 g/mol. The lowest BCUT2D eigenvalue weighted by Gasteiger charge is -2.20. The monoisotopic (exact) mass is 416 g/mol. The van der Waals surface area contributed by atoms with Crippen LogP contribution >= 0.6 is 11.8 Å². The molecule has 0 saturated carbocycles. The number of fused-ring (bicyclic) bond motifs is 1. The van der Waals surface area contributed by atoms with E-state index >= 15 is 0 Å². The van der Waals surface area contributed by atoms with E-state index in [1.807, 2.05) is 24.3 Å². The molecule has 0 radical (unpaired) electrons. The number of nitrogens with one attached hydrogen (secondary N) is 1. The SMILES string of the molecule is O=C(Nc1cccc(S(=O)(=O)N2CCCCCC2)c1)C1Cc2ccccc2S1. The Bertz CT molecular complexity index is 942. The molecule has 1 amide bonds. The number of nitrogens with zero attached hydrogens (tertiary/aromatic N) is 1. The lowest BCUT2D eigenvalue weighted by Crippen LogP contribution is -2.32. The Morgan fingerprint density at radius 3 is 2.50 bits per heavy atom. The third kappa shape index (κ3) is 4.11. The normalized spacial score (nSPS) is 20.4. The van der Waals surface area contributed by atoms with Gasteiger partial charge in [-0.25, -0.2) is 8.42 Å². The van der Waals surface area contributed by atoms with Crippen molar-refractivity contribution in [3.63, 3.8) is 0 Å². The van der Waals surface area contributed by atoms with Gasteiger partial charge in [-0.1, -0.05) is 37.1 Å². The number of hydrogen-bond acceptors (Lipinski definition) is 4. The van der Waals surface area contributed by atoms with Crippen LogP contribution in [0.4, 0.5) is 5.69 Å². The van der Waals surface area contributed by atoms with Crippen LogP contribution in [0, 0.1) is 0 Å². The van der Waals surface area contributed by atoms with Crippen LogP contribution in [-0.4, -0.2) is 37.0 Å². The third-order valence-electron chi connectivity index (χ3n) is 5.24. The second kappa shape index (κ2) is 8.27. The summed E-state index contributed by atoms with van der Waals surface area (Å²) >= 11 is 1.56. The first kappa shape index (κ1) is 19.5. The van der Waals surface area contributed by atoms with Crippen molar-refractivity contribution in [3.8, 4) is 0 Å². The van der Waals surface area contributed by atoms with Gasteiger partial charge in [-0.15, -0.1) is 11.8 Å². The molecule has 148 valence electrons. The van der Waals surface area contributed by atoms with Gasteiger partial charge in [-0.2, -0.15) is 4.31 Å². The van der Waals surface area contributed by atoms with Gasteiger partial charge in [0.15, 0.2) is 0 Å². The highest BCUT2D eigenvalue weighted by atomic mass is 32.2. The van der Waals surface area contributed by atoms with E-state index in [0.29, 0.717) is 25.2 Å². The number of anilines is 1. The Morgan fingerprint density at radius 2 is 1.75 bits per heavy atom. The Hall–Kier alpha value is -1.83. The number of benzene rings is 2. The fraction of sp³-hybridized carbons (Fsp3) is 0.381. The molecule has 0 spiro atoms. The lowest BCUT2D eigenvalue weighted by molar-refractivity contribution is -0.115. The largest absolute Gasteiger partial charge is 0.325 e. The van der Waals surface area contributed by atoms with Crippen molar-refractivity contribution in [1.82, 2.24) is 4.31 Å². The van der Waals surface area contributed by atoms with Gasteiger partial charge in [-0.3, -0.25) is 4.79 Å². The molecule has 1 unspecified atom stereocenters. The molecule has 1 saturated heterocycles. The maximum Gasteiger partial charge on any atom is 0.243 e. The molecule has 2 aromatic carbocycles. The number of hydrogen-bond donors (Lipinski definition) is 1. The molecule has 0 bridgehead atoms. The summed E-state index contributed by atoms with van der Waals surface area (Å²) in [7, 11) is -3.53. The van der Waals surface area contributed by atoms with E-state index < -0.39 is 10.0 Å². The fourth-order valence-corrected chi connectivity index (χ4v) is 6.48. The Morgan fingerprint density at radius 1 is 1.00 bits per heavy atom. The van der Waals surface area contributed by atoms with E-state index in [1.54, 1.807) is 40.3 Å². The number of carbonyl (C=O) groups excluding carboxylic acids is 1. The zero-order chi connectivity index (χ0) is 19.6. The molecular weight excluding hydrogens is 392 g/mol. The van der Waals surface area contributed by atoms with Crippen LogP contribution in [0.3, 0.4) is 0 Å². The van der Waals surface area contributed by atoms with Crippen LogP contribution in [0.25, 0.3) is 0 Å². The maximum atomic E-state index is 13.0. The number of sulfonamides is 1. The quantitative estimate of drug-likeness (QED) is 0.821. The second-order valence-corrected chi connectivity index (χ2v) is 10.4. The van der Waals surface area contributed by atoms with E-state index in [4.69, 9.17) is 0 Å². The van der Waals surface area contributed by atoms with Crippen LogP contribution in [0.5, 0.6) is 0 Å². The number of carbonyl (C=O) groups is 1. The molecule has 2 aliphatic heterocycles. The molecule has 1 fully saturated rings. The first-order chi connectivity index (χ1) is 13.5. The Balaban J connectivity index is 1.47. The topological polar surface area (TPSA) is 66.5 Å². The van der Waals surface area contributed by atoms with Crippen LogP contribution in [0.2, 0.25) is 0 Å². The minimum absolute atomic E-state index is 0.0921. The molecule has 0 aromatic heterocycles. The minimum atomic E-state index is -3.53. The van der Waals surface area contributed by atoms with Crippen molar-refractivity contribution in [3.05, 3.63) is 54.1 Å². The smallest absolute Gasteiger partial charge is 0.243 e. The summed E-state index contributed by atoms with van der Waals surface area (Å²) < 4.78 is 27.6. The molecule has 0 aliphatic carbocycles. The van der Waals surface area contributed by atoms with Crippen LogP contribution in [-0.2, 0) is 21.2 Å². The van der Waals surface area contributed by atoms with Crippen LogP contribution in [0.15, 0.2) is 58.3 Å². The van der Waals surface area contributed by atoms with Crippen molar-refractivity contribution in [2.75, 3.05) is 18.4 Å². The lowest BCUT2D eigenvalue weighted by atomic mass is 10.1. The molecular formula is C21H24N2O3S2. The summed E-state index contributed by atoms with van der Waals surface area (Å²) in [4.78, 5) is 14.1. The standard InChI is InChI=1S/C21H24N2O3S2/c24-21(20-14-16-8-3-4-11-19(16)27-20)22-17-9-7-10-18(15-17)28(25,26)23-12-5-1-2-6-13-23/h3-4,7-11,15,20H,1-2,5-6,12-14H2,(H,22,24). The van der Waals surface area contributed by atoms with Crippen molar-refractivity contribution < 1.29 is 13.2 Å². The molecule has 5 nitrogen and oxygen atoms in total. The van der Waals surface area contributed by atoms with Gasteiger partial charge in [0, 0.05) is 23.7 Å². The highest BCUT2D eigenvalue weighted by molar-refractivity contribution is 8.01. The van der Waals surface area contributed by atoms with E-state index in [1.165, 1.54) is 5.56 Å². The molecule has 28 heavy (non-hydrogen) atoms. The molecule has 2 heterocycles. The van der Waals surface area contributed by atoms with Gasteiger partial charge in [0.2, 0.25) is 15.9 Å². The predicted molar refractivity (Wildman–Crippen MR) is 112 cm³/mol. The first-order valence-electron chi connectivity index (χ1n) is 9.70. The van der Waals surface area contributed by atoms with Gasteiger partial charge in [0.1, 0.15) is 0 Å². The average Bonchev–Trinajstić information content (AvgIpc) is 2.94. The van der Waals surface area contributed by atoms with Crippen molar-refractivity contribution in [2.24, 2.45) is 0 Å². The number of thioether (sulfide) groups is 1. The Labute approximate surface area is 170 Å². The molecule has 1 N–H and O–H groups in total. The van der Waals surface area contributed by atoms with E-state index in [0.717, 1.165) is 30.6 Å². The van der Waals surface area contributed by atoms with E-state index in [2.05, 4.69) is 5.32 Å². The van der Waals surface area contributed by atoms with Crippen molar-refractivity contribution in [1.29, 1.82) is 0 Å². The molecule has 4 rings (SSSR count). The molecule has 2 aliphatic rings. The molecule has 2 aromatic rings. The summed E-state index contributed by atoms with van der Waals surface area (Å²) in [5.74, 6) is -0.0921. The summed E-state index contributed by atoms with van der Waals surface area (Å²) in [5, 5.41) is 2.71. The van der Waals surface area contributed by atoms with Crippen LogP contribution in [0.1, 0.15) is 31.2 Å². The van der Waals surface area contributed by atoms with E-state index in [9.17, 15) is 13.2 Å². The summed E-state index contributed by atoms with van der Waals surface area (Å²) in [6.07, 6.45) is 4.63. The third-order valence-corrected chi connectivity index (χ3v) is 8.46. The van der Waals surface area contributed by atoms with Gasteiger partial charge < -0.3 is 5.32 Å².